The van der Waals surface area contributed by atoms with Crippen LogP contribution in [0.3, 0.4) is 0 Å². The molecule has 2 aromatic carbocycles. The fourth-order valence-corrected chi connectivity index (χ4v) is 4.35. The molecule has 1 aliphatic heterocycles. The van der Waals surface area contributed by atoms with Gasteiger partial charge in [0.15, 0.2) is 5.65 Å². The predicted octanol–water partition coefficient (Wildman–Crippen LogP) is 3.92. The highest BCUT2D eigenvalue weighted by molar-refractivity contribution is 5.84. The number of nitrogens with one attached hydrogen (secondary N) is 2. The van der Waals surface area contributed by atoms with E-state index in [0.29, 0.717) is 0 Å². The molecule has 0 spiro atoms. The van der Waals surface area contributed by atoms with Gasteiger partial charge in [0.2, 0.25) is 0 Å². The number of halogens is 1. The van der Waals surface area contributed by atoms with Gasteiger partial charge < -0.3 is 10.4 Å². The van der Waals surface area contributed by atoms with E-state index < -0.39 is 0 Å². The summed E-state index contributed by atoms with van der Waals surface area (Å²) < 4.78 is 13.4. The van der Waals surface area contributed by atoms with Crippen LogP contribution >= 0.6 is 0 Å². The molecule has 4 aromatic rings. The molecule has 31 heavy (non-hydrogen) atoms. The molecule has 1 atom stereocenters. The van der Waals surface area contributed by atoms with E-state index in [0.717, 1.165) is 65.3 Å². The standard InChI is InChI=1S/C24H24FN5O/c1-15-23-18(12-21(27-24(23)29-28-15)16-4-8-20(31)9-5-16)14-30-11-10-26-13-22(30)17-2-6-19(25)7-3-17/h2-9,12,22,26,31H,10-11,13-14H2,1H3,(H,27,28,29). The van der Waals surface area contributed by atoms with Gasteiger partial charge in [0.1, 0.15) is 11.6 Å². The van der Waals surface area contributed by atoms with Crippen molar-refractivity contribution in [3.05, 3.63) is 77.2 Å². The summed E-state index contributed by atoms with van der Waals surface area (Å²) in [6.07, 6.45) is 0. The van der Waals surface area contributed by atoms with Crippen molar-refractivity contribution in [3.8, 4) is 17.0 Å². The van der Waals surface area contributed by atoms with Crippen molar-refractivity contribution in [2.45, 2.75) is 19.5 Å². The Labute approximate surface area is 179 Å². The van der Waals surface area contributed by atoms with Gasteiger partial charge in [0.05, 0.1) is 11.4 Å². The fraction of sp³-hybridized carbons (Fsp3) is 0.250. The first-order valence-electron chi connectivity index (χ1n) is 10.4. The lowest BCUT2D eigenvalue weighted by Crippen LogP contribution is -2.45. The van der Waals surface area contributed by atoms with E-state index >= 15 is 0 Å². The lowest BCUT2D eigenvalue weighted by atomic mass is 10.0. The van der Waals surface area contributed by atoms with Gasteiger partial charge in [-0.3, -0.25) is 10.00 Å². The van der Waals surface area contributed by atoms with E-state index in [2.05, 4.69) is 26.5 Å². The molecule has 1 aliphatic rings. The van der Waals surface area contributed by atoms with Crippen molar-refractivity contribution in [1.29, 1.82) is 0 Å². The molecule has 3 N–H and O–H groups in total. The van der Waals surface area contributed by atoms with Crippen LogP contribution in [0.1, 0.15) is 22.9 Å². The van der Waals surface area contributed by atoms with Gasteiger partial charge in [-0.2, -0.15) is 5.10 Å². The van der Waals surface area contributed by atoms with E-state index in [9.17, 15) is 9.50 Å². The SMILES string of the molecule is Cc1n[nH]c2nc(-c3ccc(O)cc3)cc(CN3CCNCC3c3ccc(F)cc3)c12. The van der Waals surface area contributed by atoms with Crippen LogP contribution in [0.5, 0.6) is 5.75 Å². The Morgan fingerprint density at radius 1 is 1.13 bits per heavy atom. The molecule has 5 rings (SSSR count). The van der Waals surface area contributed by atoms with E-state index in [1.807, 2.05) is 31.2 Å². The zero-order valence-corrected chi connectivity index (χ0v) is 17.3. The fourth-order valence-electron chi connectivity index (χ4n) is 4.35. The number of fused-ring (bicyclic) bond motifs is 1. The summed E-state index contributed by atoms with van der Waals surface area (Å²) in [6, 6.07) is 16.1. The van der Waals surface area contributed by atoms with Crippen molar-refractivity contribution in [2.75, 3.05) is 19.6 Å². The molecule has 2 aromatic heterocycles. The second-order valence-electron chi connectivity index (χ2n) is 7.99. The van der Waals surface area contributed by atoms with Crippen molar-refractivity contribution >= 4 is 11.0 Å². The third kappa shape index (κ3) is 3.89. The van der Waals surface area contributed by atoms with Gasteiger partial charge in [-0.05, 0) is 60.5 Å². The summed E-state index contributed by atoms with van der Waals surface area (Å²) in [7, 11) is 0. The number of pyridine rings is 1. The zero-order valence-electron chi connectivity index (χ0n) is 17.3. The third-order valence-electron chi connectivity index (χ3n) is 5.94. The smallest absolute Gasteiger partial charge is 0.156 e. The highest BCUT2D eigenvalue weighted by Gasteiger charge is 2.25. The molecular formula is C24H24FN5O. The van der Waals surface area contributed by atoms with Crippen LogP contribution in [0, 0.1) is 12.7 Å². The number of aryl methyl sites for hydroxylation is 1. The Hall–Kier alpha value is -3.29. The molecule has 0 amide bonds. The molecule has 3 heterocycles. The number of H-pyrrole nitrogens is 1. The minimum absolute atomic E-state index is 0.155. The van der Waals surface area contributed by atoms with Crippen LogP contribution in [0.15, 0.2) is 54.6 Å². The van der Waals surface area contributed by atoms with Gasteiger partial charge in [-0.25, -0.2) is 9.37 Å². The van der Waals surface area contributed by atoms with Gasteiger partial charge in [-0.15, -0.1) is 0 Å². The second kappa shape index (κ2) is 8.09. The molecule has 0 bridgehead atoms. The van der Waals surface area contributed by atoms with Crippen molar-refractivity contribution < 1.29 is 9.50 Å². The Balaban J connectivity index is 1.54. The summed E-state index contributed by atoms with van der Waals surface area (Å²) in [5.74, 6) is 0.00728. The van der Waals surface area contributed by atoms with Crippen molar-refractivity contribution in [2.24, 2.45) is 0 Å². The topological polar surface area (TPSA) is 77.1 Å². The van der Waals surface area contributed by atoms with Crippen LogP contribution in [0.25, 0.3) is 22.3 Å². The highest BCUT2D eigenvalue weighted by Crippen LogP contribution is 2.30. The minimum Gasteiger partial charge on any atom is -0.508 e. The predicted molar refractivity (Wildman–Crippen MR) is 118 cm³/mol. The average molecular weight is 417 g/mol. The number of benzene rings is 2. The summed E-state index contributed by atoms with van der Waals surface area (Å²) in [6.45, 7) is 5.32. The molecule has 0 saturated carbocycles. The average Bonchev–Trinajstić information content (AvgIpc) is 3.16. The molecule has 6 nitrogen and oxygen atoms in total. The summed E-state index contributed by atoms with van der Waals surface area (Å²) >= 11 is 0. The number of hydrogen-bond acceptors (Lipinski definition) is 5. The van der Waals surface area contributed by atoms with Gasteiger partial charge in [-0.1, -0.05) is 12.1 Å². The number of aromatic hydroxyl groups is 1. The van der Waals surface area contributed by atoms with E-state index in [-0.39, 0.29) is 17.6 Å². The first-order chi connectivity index (χ1) is 15.1. The minimum atomic E-state index is -0.220. The van der Waals surface area contributed by atoms with Crippen LogP contribution in [-0.4, -0.2) is 44.8 Å². The molecule has 0 radical (unpaired) electrons. The number of phenolic OH excluding ortho intramolecular Hbond substituents is 1. The quantitative estimate of drug-likeness (QED) is 0.469. The molecule has 158 valence electrons. The van der Waals surface area contributed by atoms with Gasteiger partial charge >= 0.3 is 0 Å². The van der Waals surface area contributed by atoms with E-state index in [4.69, 9.17) is 4.98 Å². The normalized spacial score (nSPS) is 17.3. The number of phenols is 1. The maximum absolute atomic E-state index is 13.4. The lowest BCUT2D eigenvalue weighted by molar-refractivity contribution is 0.154. The van der Waals surface area contributed by atoms with Crippen LogP contribution in [-0.2, 0) is 6.54 Å². The van der Waals surface area contributed by atoms with Crippen molar-refractivity contribution in [3.63, 3.8) is 0 Å². The number of rotatable bonds is 4. The zero-order chi connectivity index (χ0) is 21.4. The van der Waals surface area contributed by atoms with E-state index in [1.54, 1.807) is 12.1 Å². The Morgan fingerprint density at radius 2 is 1.90 bits per heavy atom. The van der Waals surface area contributed by atoms with Crippen molar-refractivity contribution in [1.82, 2.24) is 25.4 Å². The largest absolute Gasteiger partial charge is 0.508 e. The second-order valence-corrected chi connectivity index (χ2v) is 7.99. The number of aromatic nitrogens is 3. The van der Waals surface area contributed by atoms with Gasteiger partial charge in [0.25, 0.3) is 0 Å². The monoisotopic (exact) mass is 417 g/mol. The van der Waals surface area contributed by atoms with Crippen LogP contribution in [0.4, 0.5) is 4.39 Å². The molecular weight excluding hydrogens is 393 g/mol. The number of hydrogen-bond donors (Lipinski definition) is 3. The highest BCUT2D eigenvalue weighted by atomic mass is 19.1. The van der Waals surface area contributed by atoms with Gasteiger partial charge in [0, 0.05) is 43.2 Å². The first-order valence-corrected chi connectivity index (χ1v) is 10.4. The molecule has 1 saturated heterocycles. The summed E-state index contributed by atoms with van der Waals surface area (Å²) in [5, 5.41) is 21.6. The first kappa shape index (κ1) is 19.7. The summed E-state index contributed by atoms with van der Waals surface area (Å²) in [5.41, 5.74) is 5.69. The van der Waals surface area contributed by atoms with E-state index in [1.165, 1.54) is 12.1 Å². The number of aromatic amines is 1. The van der Waals surface area contributed by atoms with Crippen LogP contribution in [0.2, 0.25) is 0 Å². The Bertz CT molecular complexity index is 1200. The molecule has 7 heteroatoms. The summed E-state index contributed by atoms with van der Waals surface area (Å²) in [4.78, 5) is 7.19. The maximum Gasteiger partial charge on any atom is 0.156 e. The molecule has 1 unspecified atom stereocenters. The lowest BCUT2D eigenvalue weighted by Gasteiger charge is -2.36. The molecule has 0 aliphatic carbocycles. The number of piperazine rings is 1. The van der Waals surface area contributed by atoms with Crippen LogP contribution < -0.4 is 5.32 Å². The Morgan fingerprint density at radius 3 is 2.68 bits per heavy atom. The third-order valence-corrected chi connectivity index (χ3v) is 5.94. The Kier molecular flexibility index (Phi) is 5.13. The molecule has 1 fully saturated rings. The maximum atomic E-state index is 13.4. The number of nitrogens with zero attached hydrogens (tertiary/aromatic N) is 3.